The molecule has 134 valence electrons. The first-order valence-corrected chi connectivity index (χ1v) is 8.11. The van der Waals surface area contributed by atoms with Crippen molar-refractivity contribution in [3.8, 4) is 0 Å². The summed E-state index contributed by atoms with van der Waals surface area (Å²) in [6.45, 7) is 8.15. The first-order chi connectivity index (χ1) is 10.2. The van der Waals surface area contributed by atoms with Gasteiger partial charge in [-0.05, 0) is 39.5 Å². The van der Waals surface area contributed by atoms with Gasteiger partial charge < -0.3 is 21.7 Å². The molecule has 0 saturated heterocycles. The highest BCUT2D eigenvalue weighted by Gasteiger charge is 1.98. The maximum Gasteiger partial charge on any atom is 0.303 e. The fourth-order valence-corrected chi connectivity index (χ4v) is 0.906. The molecule has 0 aliphatic heterocycles. The van der Waals surface area contributed by atoms with E-state index in [1.165, 1.54) is 0 Å². The number of carboxylic acids is 2. The molecule has 6 heteroatoms. The third-order valence-corrected chi connectivity index (χ3v) is 2.82. The molecule has 0 aromatic heterocycles. The van der Waals surface area contributed by atoms with Gasteiger partial charge >= 0.3 is 11.9 Å². The van der Waals surface area contributed by atoms with Gasteiger partial charge in [-0.1, -0.05) is 26.7 Å². The Morgan fingerprint density at radius 3 is 1.14 bits per heavy atom. The topological polar surface area (TPSA) is 127 Å². The van der Waals surface area contributed by atoms with Gasteiger partial charge in [0.25, 0.3) is 0 Å². The monoisotopic (exact) mass is 320 g/mol. The highest BCUT2D eigenvalue weighted by Crippen LogP contribution is 2.04. The van der Waals surface area contributed by atoms with Crippen LogP contribution in [0.1, 0.15) is 79.1 Å². The number of hydrogen-bond donors (Lipinski definition) is 4. The van der Waals surface area contributed by atoms with Crippen LogP contribution in [-0.4, -0.2) is 34.2 Å². The third-order valence-electron chi connectivity index (χ3n) is 2.82. The molecule has 0 heterocycles. The second-order valence-corrected chi connectivity index (χ2v) is 5.47. The van der Waals surface area contributed by atoms with Gasteiger partial charge in [0.15, 0.2) is 0 Å². The van der Waals surface area contributed by atoms with Gasteiger partial charge in [0.1, 0.15) is 0 Å². The van der Waals surface area contributed by atoms with Crippen molar-refractivity contribution in [3.05, 3.63) is 0 Å². The second-order valence-electron chi connectivity index (χ2n) is 5.47. The zero-order valence-electron chi connectivity index (χ0n) is 14.7. The Bertz CT molecular complexity index is 231. The molecule has 2 atom stereocenters. The minimum Gasteiger partial charge on any atom is -0.481 e. The Labute approximate surface area is 135 Å². The molecule has 0 amide bonds. The highest BCUT2D eigenvalue weighted by atomic mass is 16.4. The minimum atomic E-state index is -0.784. The Morgan fingerprint density at radius 1 is 0.773 bits per heavy atom. The van der Waals surface area contributed by atoms with Crippen LogP contribution in [0, 0.1) is 0 Å². The molecule has 22 heavy (non-hydrogen) atoms. The van der Waals surface area contributed by atoms with Crippen molar-refractivity contribution >= 4 is 11.9 Å². The lowest BCUT2D eigenvalue weighted by atomic mass is 10.1. The summed E-state index contributed by atoms with van der Waals surface area (Å²) >= 11 is 0. The maximum atomic E-state index is 10.0. The molecule has 6 nitrogen and oxygen atoms in total. The minimum absolute atomic E-state index is 0.188. The van der Waals surface area contributed by atoms with Gasteiger partial charge in [-0.2, -0.15) is 0 Å². The molecule has 0 fully saturated rings. The van der Waals surface area contributed by atoms with Crippen LogP contribution in [0.2, 0.25) is 0 Å². The summed E-state index contributed by atoms with van der Waals surface area (Å²) < 4.78 is 0. The van der Waals surface area contributed by atoms with Crippen LogP contribution in [0.5, 0.6) is 0 Å². The lowest BCUT2D eigenvalue weighted by Gasteiger charge is -1.96. The largest absolute Gasteiger partial charge is 0.481 e. The molecule has 0 spiro atoms. The van der Waals surface area contributed by atoms with Crippen LogP contribution in [0.4, 0.5) is 0 Å². The summed E-state index contributed by atoms with van der Waals surface area (Å²) in [6.07, 6.45) is 5.45. The Balaban J connectivity index is -0.000000298. The molecular formula is C16H36N2O4. The van der Waals surface area contributed by atoms with E-state index in [0.717, 1.165) is 25.7 Å². The van der Waals surface area contributed by atoms with Crippen molar-refractivity contribution in [1.82, 2.24) is 0 Å². The fourth-order valence-electron chi connectivity index (χ4n) is 0.906. The van der Waals surface area contributed by atoms with Crippen LogP contribution in [0.3, 0.4) is 0 Å². The Morgan fingerprint density at radius 2 is 1.00 bits per heavy atom. The number of carboxylic acid groups (broad SMARTS) is 2. The van der Waals surface area contributed by atoms with Crippen molar-refractivity contribution in [2.45, 2.75) is 91.1 Å². The molecule has 0 aromatic carbocycles. The first kappa shape index (κ1) is 25.8. The van der Waals surface area contributed by atoms with Crippen molar-refractivity contribution in [2.24, 2.45) is 11.5 Å². The normalized spacial score (nSPS) is 12.1. The van der Waals surface area contributed by atoms with E-state index < -0.39 is 11.9 Å². The summed E-state index contributed by atoms with van der Waals surface area (Å²) in [5.74, 6) is -1.57. The van der Waals surface area contributed by atoms with Crippen LogP contribution in [0.15, 0.2) is 0 Å². The molecule has 0 rings (SSSR count). The van der Waals surface area contributed by atoms with E-state index in [9.17, 15) is 9.59 Å². The van der Waals surface area contributed by atoms with Gasteiger partial charge in [-0.15, -0.1) is 0 Å². The van der Waals surface area contributed by atoms with Crippen LogP contribution >= 0.6 is 0 Å². The molecule has 0 aliphatic carbocycles. The van der Waals surface area contributed by atoms with E-state index in [0.29, 0.717) is 24.9 Å². The number of hydrogen-bond acceptors (Lipinski definition) is 4. The molecule has 0 saturated carbocycles. The predicted octanol–water partition coefficient (Wildman–Crippen LogP) is 2.98. The van der Waals surface area contributed by atoms with Gasteiger partial charge in [0, 0.05) is 24.9 Å². The Kier molecular flexibility index (Phi) is 23.3. The van der Waals surface area contributed by atoms with E-state index in [1.807, 2.05) is 13.8 Å². The predicted molar refractivity (Wildman–Crippen MR) is 90.9 cm³/mol. The second kappa shape index (κ2) is 19.9. The first-order valence-electron chi connectivity index (χ1n) is 8.11. The van der Waals surface area contributed by atoms with E-state index in [2.05, 4.69) is 13.8 Å². The summed E-state index contributed by atoms with van der Waals surface area (Å²) in [4.78, 5) is 20.1. The zero-order valence-corrected chi connectivity index (χ0v) is 14.7. The van der Waals surface area contributed by atoms with Gasteiger partial charge in [-0.3, -0.25) is 9.59 Å². The van der Waals surface area contributed by atoms with Crippen LogP contribution in [-0.2, 0) is 9.59 Å². The van der Waals surface area contributed by atoms with E-state index in [4.69, 9.17) is 21.7 Å². The van der Waals surface area contributed by atoms with Crippen molar-refractivity contribution < 1.29 is 19.8 Å². The van der Waals surface area contributed by atoms with Crippen LogP contribution in [0.25, 0.3) is 0 Å². The molecular weight excluding hydrogens is 284 g/mol. The molecule has 6 N–H and O–H groups in total. The van der Waals surface area contributed by atoms with E-state index >= 15 is 0 Å². The fraction of sp³-hybridized carbons (Fsp3) is 0.875. The number of carbonyl (C=O) groups is 2. The van der Waals surface area contributed by atoms with Gasteiger partial charge in [0.2, 0.25) is 0 Å². The molecule has 0 aromatic rings. The lowest BCUT2D eigenvalue weighted by molar-refractivity contribution is -0.138. The third kappa shape index (κ3) is 42.8. The molecule has 2 unspecified atom stereocenters. The standard InChI is InChI=1S/C8H14O4.2C4H11N/c9-7(10)5-3-1-2-4-6-8(11)12;2*1-3-4(2)5/h1-6H2,(H,9,10)(H,11,12);2*4H,3,5H2,1-2H3. The SMILES string of the molecule is CCC(C)N.CCC(C)N.O=C(O)CCCCCCC(=O)O. The smallest absolute Gasteiger partial charge is 0.303 e. The van der Waals surface area contributed by atoms with Crippen molar-refractivity contribution in [1.29, 1.82) is 0 Å². The van der Waals surface area contributed by atoms with Crippen molar-refractivity contribution in [2.75, 3.05) is 0 Å². The average Bonchev–Trinajstić information content (AvgIpc) is 2.43. The van der Waals surface area contributed by atoms with Crippen LogP contribution < -0.4 is 11.5 Å². The number of unbranched alkanes of at least 4 members (excludes halogenated alkanes) is 3. The number of aliphatic carboxylic acids is 2. The highest BCUT2D eigenvalue weighted by molar-refractivity contribution is 5.66. The molecule has 0 bridgehead atoms. The van der Waals surface area contributed by atoms with E-state index in [-0.39, 0.29) is 12.8 Å². The summed E-state index contributed by atoms with van der Waals surface area (Å²) in [7, 11) is 0. The quantitative estimate of drug-likeness (QED) is 0.484. The Hall–Kier alpha value is -1.14. The maximum absolute atomic E-state index is 10.0. The average molecular weight is 320 g/mol. The summed E-state index contributed by atoms with van der Waals surface area (Å²) in [6, 6.07) is 0.769. The van der Waals surface area contributed by atoms with E-state index in [1.54, 1.807) is 0 Å². The summed E-state index contributed by atoms with van der Waals surface area (Å²) in [5.41, 5.74) is 10.6. The van der Waals surface area contributed by atoms with Gasteiger partial charge in [-0.25, -0.2) is 0 Å². The number of rotatable bonds is 9. The zero-order chi connectivity index (χ0) is 18.0. The molecule has 0 radical (unpaired) electrons. The van der Waals surface area contributed by atoms with Crippen molar-refractivity contribution in [3.63, 3.8) is 0 Å². The van der Waals surface area contributed by atoms with Gasteiger partial charge in [0.05, 0.1) is 0 Å². The summed E-state index contributed by atoms with van der Waals surface area (Å²) in [5, 5.41) is 16.5. The lowest BCUT2D eigenvalue weighted by Crippen LogP contribution is -2.11. The number of nitrogens with two attached hydrogens (primary N) is 2. The molecule has 0 aliphatic rings.